The number of amides is 1. The summed E-state index contributed by atoms with van der Waals surface area (Å²) >= 11 is 0. The van der Waals surface area contributed by atoms with E-state index in [1.807, 2.05) is 19.0 Å². The smallest absolute Gasteiger partial charge is 0.221 e. The number of nitrogens with one attached hydrogen (secondary N) is 1. The van der Waals surface area contributed by atoms with Crippen LogP contribution in [-0.4, -0.2) is 69.6 Å². The first-order chi connectivity index (χ1) is 9.80. The van der Waals surface area contributed by atoms with Crippen molar-refractivity contribution >= 4 is 15.9 Å². The molecule has 1 rings (SSSR count). The zero-order chi connectivity index (χ0) is 15.9. The van der Waals surface area contributed by atoms with E-state index in [2.05, 4.69) is 5.32 Å². The number of carbonyl (C=O) groups is 1. The zero-order valence-electron chi connectivity index (χ0n) is 13.5. The van der Waals surface area contributed by atoms with Gasteiger partial charge in [-0.3, -0.25) is 4.79 Å². The van der Waals surface area contributed by atoms with Crippen LogP contribution in [0.15, 0.2) is 0 Å². The van der Waals surface area contributed by atoms with Crippen LogP contribution in [-0.2, 0) is 14.8 Å². The van der Waals surface area contributed by atoms with Crippen LogP contribution in [0.1, 0.15) is 38.5 Å². The van der Waals surface area contributed by atoms with Gasteiger partial charge in [0.2, 0.25) is 15.9 Å². The number of rotatable bonds is 8. The van der Waals surface area contributed by atoms with Gasteiger partial charge in [0.25, 0.3) is 0 Å². The molecule has 0 radical (unpaired) electrons. The first kappa shape index (κ1) is 18.4. The molecule has 0 bridgehead atoms. The third-order valence-electron chi connectivity index (χ3n) is 3.85. The van der Waals surface area contributed by atoms with Crippen molar-refractivity contribution in [2.75, 3.05) is 40.0 Å². The number of likely N-dealkylation sites (N-methyl/N-ethyl adjacent to an activating group) is 1. The highest BCUT2D eigenvalue weighted by Gasteiger charge is 2.28. The lowest BCUT2D eigenvalue weighted by molar-refractivity contribution is -0.121. The van der Waals surface area contributed by atoms with Gasteiger partial charge in [-0.15, -0.1) is 0 Å². The molecule has 21 heavy (non-hydrogen) atoms. The summed E-state index contributed by atoms with van der Waals surface area (Å²) < 4.78 is 25.4. The monoisotopic (exact) mass is 319 g/mol. The Bertz CT molecular complexity index is 417. The summed E-state index contributed by atoms with van der Waals surface area (Å²) in [6.07, 6.45) is 6.63. The molecule has 0 aromatic heterocycles. The van der Waals surface area contributed by atoms with Crippen LogP contribution in [0.4, 0.5) is 0 Å². The average molecular weight is 319 g/mol. The largest absolute Gasteiger partial charge is 0.355 e. The summed E-state index contributed by atoms with van der Waals surface area (Å²) in [4.78, 5) is 13.8. The maximum absolute atomic E-state index is 11.9. The van der Waals surface area contributed by atoms with Crippen molar-refractivity contribution in [3.05, 3.63) is 0 Å². The predicted octanol–water partition coefficient (Wildman–Crippen LogP) is 0.649. The molecule has 0 aromatic rings. The Morgan fingerprint density at radius 3 is 2.29 bits per heavy atom. The molecule has 1 N–H and O–H groups in total. The van der Waals surface area contributed by atoms with E-state index in [4.69, 9.17) is 0 Å². The quantitative estimate of drug-likeness (QED) is 0.713. The van der Waals surface area contributed by atoms with E-state index in [-0.39, 0.29) is 24.9 Å². The summed E-state index contributed by atoms with van der Waals surface area (Å²) in [5, 5.41) is 2.82. The fourth-order valence-corrected chi connectivity index (χ4v) is 3.88. The predicted molar refractivity (Wildman–Crippen MR) is 84.6 cm³/mol. The Balaban J connectivity index is 2.44. The van der Waals surface area contributed by atoms with Crippen molar-refractivity contribution in [3.8, 4) is 0 Å². The van der Waals surface area contributed by atoms with Crippen molar-refractivity contribution in [2.24, 2.45) is 0 Å². The SMILES string of the molecule is CN(C)CCNC(=O)CCN(C1CCCCC1)S(C)(=O)=O. The lowest BCUT2D eigenvalue weighted by Gasteiger charge is -2.32. The van der Waals surface area contributed by atoms with Crippen LogP contribution < -0.4 is 5.32 Å². The standard InChI is InChI=1S/C14H29N3O3S/c1-16(2)12-10-15-14(18)9-11-17(21(3,19)20)13-7-5-4-6-8-13/h13H,4-12H2,1-3H3,(H,15,18). The first-order valence-electron chi connectivity index (χ1n) is 7.69. The third kappa shape index (κ3) is 7.24. The van der Waals surface area contributed by atoms with Gasteiger partial charge < -0.3 is 10.2 Å². The minimum Gasteiger partial charge on any atom is -0.355 e. The number of carbonyl (C=O) groups excluding carboxylic acids is 1. The molecule has 0 unspecified atom stereocenters. The summed E-state index contributed by atoms with van der Waals surface area (Å²) in [5.41, 5.74) is 0. The average Bonchev–Trinajstić information content (AvgIpc) is 2.38. The van der Waals surface area contributed by atoms with E-state index in [1.165, 1.54) is 17.0 Å². The Morgan fingerprint density at radius 1 is 1.14 bits per heavy atom. The molecule has 0 aliphatic heterocycles. The summed E-state index contributed by atoms with van der Waals surface area (Å²) in [7, 11) is 0.641. The van der Waals surface area contributed by atoms with E-state index in [0.29, 0.717) is 6.54 Å². The van der Waals surface area contributed by atoms with Crippen LogP contribution in [0, 0.1) is 0 Å². The Hall–Kier alpha value is -0.660. The van der Waals surface area contributed by atoms with Gasteiger partial charge in [-0.2, -0.15) is 4.31 Å². The Labute approximate surface area is 128 Å². The second-order valence-corrected chi connectivity index (χ2v) is 8.00. The molecule has 1 aliphatic carbocycles. The molecule has 1 fully saturated rings. The lowest BCUT2D eigenvalue weighted by Crippen LogP contribution is -2.43. The van der Waals surface area contributed by atoms with Gasteiger partial charge >= 0.3 is 0 Å². The van der Waals surface area contributed by atoms with Crippen LogP contribution in [0.3, 0.4) is 0 Å². The van der Waals surface area contributed by atoms with Crippen LogP contribution in [0.5, 0.6) is 0 Å². The van der Waals surface area contributed by atoms with Gasteiger partial charge in [0, 0.05) is 32.1 Å². The van der Waals surface area contributed by atoms with Crippen molar-refractivity contribution in [3.63, 3.8) is 0 Å². The van der Waals surface area contributed by atoms with E-state index in [9.17, 15) is 13.2 Å². The van der Waals surface area contributed by atoms with Crippen molar-refractivity contribution in [1.29, 1.82) is 0 Å². The van der Waals surface area contributed by atoms with Crippen LogP contribution in [0.2, 0.25) is 0 Å². The molecule has 124 valence electrons. The van der Waals surface area contributed by atoms with E-state index >= 15 is 0 Å². The van der Waals surface area contributed by atoms with Gasteiger partial charge in [-0.25, -0.2) is 8.42 Å². The van der Waals surface area contributed by atoms with Crippen LogP contribution >= 0.6 is 0 Å². The molecular formula is C14H29N3O3S. The van der Waals surface area contributed by atoms with Crippen molar-refractivity contribution in [2.45, 2.75) is 44.6 Å². The normalized spacial score (nSPS) is 17.4. The fourth-order valence-electron chi connectivity index (χ4n) is 2.71. The third-order valence-corrected chi connectivity index (χ3v) is 5.18. The Morgan fingerprint density at radius 2 is 1.76 bits per heavy atom. The number of hydrogen-bond donors (Lipinski definition) is 1. The highest BCUT2D eigenvalue weighted by atomic mass is 32.2. The maximum atomic E-state index is 11.9. The number of nitrogens with zero attached hydrogens (tertiary/aromatic N) is 2. The second-order valence-electron chi connectivity index (χ2n) is 6.07. The molecule has 1 aliphatic rings. The molecule has 0 spiro atoms. The summed E-state index contributed by atoms with van der Waals surface area (Å²) in [6.45, 7) is 1.66. The lowest BCUT2D eigenvalue weighted by atomic mass is 9.95. The van der Waals surface area contributed by atoms with Gasteiger partial charge in [0.05, 0.1) is 6.26 Å². The summed E-state index contributed by atoms with van der Waals surface area (Å²) in [5.74, 6) is -0.0821. The molecule has 0 saturated heterocycles. The molecular weight excluding hydrogens is 290 g/mol. The van der Waals surface area contributed by atoms with Gasteiger partial charge in [-0.1, -0.05) is 19.3 Å². The van der Waals surface area contributed by atoms with Crippen molar-refractivity contribution in [1.82, 2.24) is 14.5 Å². The minimum atomic E-state index is -3.25. The number of hydrogen-bond acceptors (Lipinski definition) is 4. The van der Waals surface area contributed by atoms with E-state index in [1.54, 1.807) is 0 Å². The molecule has 0 aromatic carbocycles. The minimum absolute atomic E-state index is 0.0725. The molecule has 7 heteroatoms. The highest BCUT2D eigenvalue weighted by molar-refractivity contribution is 7.88. The molecule has 0 atom stereocenters. The molecule has 0 heterocycles. The molecule has 1 saturated carbocycles. The van der Waals surface area contributed by atoms with Crippen molar-refractivity contribution < 1.29 is 13.2 Å². The molecule has 6 nitrogen and oxygen atoms in total. The summed E-state index contributed by atoms with van der Waals surface area (Å²) in [6, 6.07) is 0.0725. The maximum Gasteiger partial charge on any atom is 0.221 e. The topological polar surface area (TPSA) is 69.7 Å². The Kier molecular flexibility index (Phi) is 7.62. The fraction of sp³-hybridized carbons (Fsp3) is 0.929. The first-order valence-corrected chi connectivity index (χ1v) is 9.54. The highest BCUT2D eigenvalue weighted by Crippen LogP contribution is 2.24. The number of sulfonamides is 1. The van der Waals surface area contributed by atoms with Crippen LogP contribution in [0.25, 0.3) is 0 Å². The second kappa shape index (κ2) is 8.70. The van der Waals surface area contributed by atoms with Gasteiger partial charge in [-0.05, 0) is 26.9 Å². The van der Waals surface area contributed by atoms with Gasteiger partial charge in [0.1, 0.15) is 0 Å². The van der Waals surface area contributed by atoms with E-state index < -0.39 is 10.0 Å². The van der Waals surface area contributed by atoms with E-state index in [0.717, 1.165) is 32.2 Å². The molecule has 1 amide bonds. The zero-order valence-corrected chi connectivity index (χ0v) is 14.3. The van der Waals surface area contributed by atoms with Gasteiger partial charge in [0.15, 0.2) is 0 Å².